The molecule has 0 saturated heterocycles. The number of carbonyl (C=O) groups is 1. The summed E-state index contributed by atoms with van der Waals surface area (Å²) in [6.07, 6.45) is 14.5. The van der Waals surface area contributed by atoms with Gasteiger partial charge in [0.1, 0.15) is 0 Å². The number of thiol groups is 1. The third-order valence-electron chi connectivity index (χ3n) is 3.41. The summed E-state index contributed by atoms with van der Waals surface area (Å²) in [5.41, 5.74) is 0. The Morgan fingerprint density at radius 3 is 1.71 bits per heavy atom. The number of hydrogen-bond donors (Lipinski definition) is 1. The van der Waals surface area contributed by atoms with Crippen LogP contribution in [0, 0.1) is 5.92 Å². The molecule has 0 rings (SSSR count). The van der Waals surface area contributed by atoms with Crippen molar-refractivity contribution in [2.75, 3.05) is 0 Å². The Morgan fingerprint density at radius 2 is 1.29 bits per heavy atom. The maximum absolute atomic E-state index is 10.9. The molecule has 0 bridgehead atoms. The fourth-order valence-corrected chi connectivity index (χ4v) is 2.19. The average molecular weight is 258 g/mol. The first kappa shape index (κ1) is 17.0. The predicted octanol–water partition coefficient (Wildman–Crippen LogP) is 5.39. The molecule has 0 N–H and O–H groups in total. The first-order chi connectivity index (χ1) is 8.18. The van der Waals surface area contributed by atoms with Gasteiger partial charge in [-0.15, -0.1) is 12.6 Å². The summed E-state index contributed by atoms with van der Waals surface area (Å²) in [4.78, 5) is 10.9. The van der Waals surface area contributed by atoms with Crippen molar-refractivity contribution in [3.8, 4) is 0 Å². The van der Waals surface area contributed by atoms with E-state index in [-0.39, 0.29) is 11.0 Å². The van der Waals surface area contributed by atoms with E-state index < -0.39 is 0 Å². The fourth-order valence-electron chi connectivity index (χ4n) is 2.06. The van der Waals surface area contributed by atoms with Crippen LogP contribution in [0.5, 0.6) is 0 Å². The highest BCUT2D eigenvalue weighted by Crippen LogP contribution is 2.14. The Hall–Kier alpha value is 0.0200. The van der Waals surface area contributed by atoms with Gasteiger partial charge in [0.25, 0.3) is 0 Å². The summed E-state index contributed by atoms with van der Waals surface area (Å²) in [7, 11) is 0. The van der Waals surface area contributed by atoms with E-state index in [1.54, 1.807) is 0 Å². The minimum atomic E-state index is 0.0425. The lowest BCUT2D eigenvalue weighted by molar-refractivity contribution is -0.113. The van der Waals surface area contributed by atoms with Gasteiger partial charge in [-0.05, 0) is 6.42 Å². The SMILES string of the molecule is CCCCCCCCCCCCC(C)C(=O)S. The second-order valence-electron chi connectivity index (χ2n) is 5.21. The number of carbonyl (C=O) groups excluding carboxylic acids is 1. The van der Waals surface area contributed by atoms with Crippen LogP contribution < -0.4 is 0 Å². The van der Waals surface area contributed by atoms with E-state index in [2.05, 4.69) is 19.6 Å². The molecule has 0 aromatic heterocycles. The van der Waals surface area contributed by atoms with Crippen LogP contribution in [-0.4, -0.2) is 5.12 Å². The summed E-state index contributed by atoms with van der Waals surface area (Å²) in [5, 5.41) is 0.0425. The van der Waals surface area contributed by atoms with E-state index in [0.717, 1.165) is 6.42 Å². The lowest BCUT2D eigenvalue weighted by atomic mass is 10.0. The molecule has 1 nitrogen and oxygen atoms in total. The van der Waals surface area contributed by atoms with Crippen LogP contribution in [0.1, 0.15) is 84.5 Å². The minimum absolute atomic E-state index is 0.0425. The molecular formula is C15H30OS. The normalized spacial score (nSPS) is 12.6. The number of hydrogen-bond acceptors (Lipinski definition) is 1. The Balaban J connectivity index is 3.06. The second kappa shape index (κ2) is 12.5. The van der Waals surface area contributed by atoms with Crippen molar-refractivity contribution >= 4 is 17.7 Å². The smallest absolute Gasteiger partial charge is 0.188 e. The van der Waals surface area contributed by atoms with Crippen LogP contribution in [0.4, 0.5) is 0 Å². The molecule has 0 radical (unpaired) electrons. The van der Waals surface area contributed by atoms with Crippen LogP contribution >= 0.6 is 12.6 Å². The average Bonchev–Trinajstić information content (AvgIpc) is 2.31. The largest absolute Gasteiger partial charge is 0.287 e. The monoisotopic (exact) mass is 258 g/mol. The number of unbranched alkanes of at least 4 members (excludes halogenated alkanes) is 9. The zero-order valence-electron chi connectivity index (χ0n) is 11.7. The van der Waals surface area contributed by atoms with Crippen molar-refractivity contribution in [1.29, 1.82) is 0 Å². The molecule has 17 heavy (non-hydrogen) atoms. The molecule has 0 aliphatic carbocycles. The van der Waals surface area contributed by atoms with E-state index >= 15 is 0 Å². The van der Waals surface area contributed by atoms with Crippen LogP contribution in [0.15, 0.2) is 0 Å². The zero-order valence-corrected chi connectivity index (χ0v) is 12.6. The van der Waals surface area contributed by atoms with Crippen LogP contribution in [0.3, 0.4) is 0 Å². The van der Waals surface area contributed by atoms with Gasteiger partial charge in [0.15, 0.2) is 5.12 Å². The maximum atomic E-state index is 10.9. The van der Waals surface area contributed by atoms with Gasteiger partial charge in [0.2, 0.25) is 0 Å². The van der Waals surface area contributed by atoms with Crippen molar-refractivity contribution < 1.29 is 4.79 Å². The molecule has 0 fully saturated rings. The molecule has 1 unspecified atom stereocenters. The molecule has 2 heteroatoms. The third kappa shape index (κ3) is 12.3. The van der Waals surface area contributed by atoms with Crippen molar-refractivity contribution in [3.05, 3.63) is 0 Å². The topological polar surface area (TPSA) is 17.1 Å². The Kier molecular flexibility index (Phi) is 12.5. The van der Waals surface area contributed by atoms with Gasteiger partial charge in [0, 0.05) is 5.92 Å². The van der Waals surface area contributed by atoms with Crippen LogP contribution in [-0.2, 0) is 4.79 Å². The third-order valence-corrected chi connectivity index (χ3v) is 3.85. The molecule has 0 spiro atoms. The van der Waals surface area contributed by atoms with Crippen molar-refractivity contribution in [2.45, 2.75) is 84.5 Å². The summed E-state index contributed by atoms with van der Waals surface area (Å²) in [6, 6.07) is 0. The minimum Gasteiger partial charge on any atom is -0.287 e. The van der Waals surface area contributed by atoms with E-state index in [1.807, 2.05) is 6.92 Å². The molecule has 102 valence electrons. The summed E-state index contributed by atoms with van der Waals surface area (Å²) < 4.78 is 0. The van der Waals surface area contributed by atoms with E-state index in [4.69, 9.17) is 0 Å². The summed E-state index contributed by atoms with van der Waals surface area (Å²) >= 11 is 3.85. The Labute approximate surface area is 113 Å². The molecule has 0 aromatic carbocycles. The highest BCUT2D eigenvalue weighted by Gasteiger charge is 2.06. The van der Waals surface area contributed by atoms with Gasteiger partial charge in [-0.25, -0.2) is 0 Å². The molecular weight excluding hydrogens is 228 g/mol. The fraction of sp³-hybridized carbons (Fsp3) is 0.933. The predicted molar refractivity (Wildman–Crippen MR) is 79.6 cm³/mol. The van der Waals surface area contributed by atoms with Crippen LogP contribution in [0.2, 0.25) is 0 Å². The molecule has 0 aromatic rings. The molecule has 1 atom stereocenters. The summed E-state index contributed by atoms with van der Waals surface area (Å²) in [5.74, 6) is 0.146. The highest BCUT2D eigenvalue weighted by atomic mass is 32.1. The maximum Gasteiger partial charge on any atom is 0.188 e. The Bertz CT molecular complexity index is 180. The van der Waals surface area contributed by atoms with Gasteiger partial charge in [-0.1, -0.05) is 78.1 Å². The lowest BCUT2D eigenvalue weighted by Gasteiger charge is -2.06. The molecule has 0 aliphatic heterocycles. The molecule has 0 amide bonds. The van der Waals surface area contributed by atoms with Gasteiger partial charge < -0.3 is 0 Å². The van der Waals surface area contributed by atoms with E-state index in [1.165, 1.54) is 64.2 Å². The summed E-state index contributed by atoms with van der Waals surface area (Å²) in [6.45, 7) is 4.24. The Morgan fingerprint density at radius 1 is 0.882 bits per heavy atom. The van der Waals surface area contributed by atoms with Gasteiger partial charge in [-0.3, -0.25) is 4.79 Å². The van der Waals surface area contributed by atoms with E-state index in [0.29, 0.717) is 0 Å². The standard InChI is InChI=1S/C15H30OS/c1-3-4-5-6-7-8-9-10-11-12-13-14(2)15(16)17/h14H,3-13H2,1-2H3,(H,16,17). The van der Waals surface area contributed by atoms with Gasteiger partial charge in [-0.2, -0.15) is 0 Å². The highest BCUT2D eigenvalue weighted by molar-refractivity contribution is 7.96. The quantitative estimate of drug-likeness (QED) is 0.367. The molecule has 0 saturated carbocycles. The zero-order chi connectivity index (χ0) is 12.9. The number of rotatable bonds is 12. The first-order valence-corrected chi connectivity index (χ1v) is 7.86. The second-order valence-corrected chi connectivity index (χ2v) is 5.65. The van der Waals surface area contributed by atoms with Gasteiger partial charge >= 0.3 is 0 Å². The lowest BCUT2D eigenvalue weighted by Crippen LogP contribution is -2.03. The van der Waals surface area contributed by atoms with Crippen LogP contribution in [0.25, 0.3) is 0 Å². The van der Waals surface area contributed by atoms with Crippen molar-refractivity contribution in [2.24, 2.45) is 5.92 Å². The van der Waals surface area contributed by atoms with Crippen molar-refractivity contribution in [1.82, 2.24) is 0 Å². The van der Waals surface area contributed by atoms with Gasteiger partial charge in [0.05, 0.1) is 0 Å². The molecule has 0 heterocycles. The van der Waals surface area contributed by atoms with E-state index in [9.17, 15) is 4.79 Å². The van der Waals surface area contributed by atoms with Crippen molar-refractivity contribution in [3.63, 3.8) is 0 Å². The first-order valence-electron chi connectivity index (χ1n) is 7.41. The molecule has 0 aliphatic rings.